The Kier molecular flexibility index (Phi) is 6.94. The van der Waals surface area contributed by atoms with Crippen LogP contribution >= 0.6 is 11.6 Å². The molecule has 2 amide bonds. The molecule has 2 aliphatic heterocycles. The van der Waals surface area contributed by atoms with E-state index < -0.39 is 6.10 Å². The molecule has 1 aromatic rings. The molecular formula is C21H28ClN3O3. The van der Waals surface area contributed by atoms with Crippen LogP contribution in [0, 0.1) is 5.92 Å². The van der Waals surface area contributed by atoms with E-state index in [4.69, 9.17) is 16.4 Å². The first-order valence-corrected chi connectivity index (χ1v) is 10.4. The minimum absolute atomic E-state index is 0.0741. The van der Waals surface area contributed by atoms with Crippen LogP contribution in [0.15, 0.2) is 29.4 Å². The van der Waals surface area contributed by atoms with E-state index in [1.54, 1.807) is 4.90 Å². The van der Waals surface area contributed by atoms with Gasteiger partial charge in [-0.25, -0.2) is 0 Å². The molecule has 0 radical (unpaired) electrons. The first kappa shape index (κ1) is 20.6. The van der Waals surface area contributed by atoms with Gasteiger partial charge in [-0.2, -0.15) is 0 Å². The molecule has 0 spiro atoms. The molecule has 2 atom stereocenters. The van der Waals surface area contributed by atoms with Gasteiger partial charge >= 0.3 is 0 Å². The fourth-order valence-electron chi connectivity index (χ4n) is 3.90. The highest BCUT2D eigenvalue weighted by Gasteiger charge is 2.36. The quantitative estimate of drug-likeness (QED) is 0.730. The van der Waals surface area contributed by atoms with Gasteiger partial charge in [0.15, 0.2) is 0 Å². The maximum atomic E-state index is 12.9. The van der Waals surface area contributed by atoms with E-state index in [1.165, 1.54) is 0 Å². The zero-order valence-corrected chi connectivity index (χ0v) is 17.3. The van der Waals surface area contributed by atoms with Crippen LogP contribution in [0.5, 0.6) is 0 Å². The minimum atomic E-state index is -0.597. The summed E-state index contributed by atoms with van der Waals surface area (Å²) in [5.74, 6) is -0.0528. The van der Waals surface area contributed by atoms with Gasteiger partial charge in [-0.3, -0.25) is 9.59 Å². The number of amides is 2. The van der Waals surface area contributed by atoms with Crippen LogP contribution in [0.3, 0.4) is 0 Å². The number of oxime groups is 1. The average Bonchev–Trinajstić information content (AvgIpc) is 3.18. The highest BCUT2D eigenvalue weighted by Crippen LogP contribution is 2.24. The molecule has 1 fully saturated rings. The molecule has 28 heavy (non-hydrogen) atoms. The van der Waals surface area contributed by atoms with Crippen molar-refractivity contribution in [3.63, 3.8) is 0 Å². The van der Waals surface area contributed by atoms with Crippen molar-refractivity contribution in [1.29, 1.82) is 0 Å². The van der Waals surface area contributed by atoms with E-state index in [1.807, 2.05) is 43.0 Å². The Bertz CT molecular complexity index is 748. The lowest BCUT2D eigenvalue weighted by Gasteiger charge is -2.35. The number of halogens is 1. The molecule has 6 nitrogen and oxygen atoms in total. The zero-order valence-electron chi connectivity index (χ0n) is 16.6. The smallest absolute Gasteiger partial charge is 0.266 e. The van der Waals surface area contributed by atoms with E-state index in [-0.39, 0.29) is 17.7 Å². The van der Waals surface area contributed by atoms with Crippen LogP contribution in [0.4, 0.5) is 0 Å². The predicted molar refractivity (Wildman–Crippen MR) is 109 cm³/mol. The molecule has 2 aliphatic rings. The van der Waals surface area contributed by atoms with Gasteiger partial charge in [0, 0.05) is 44.0 Å². The SMILES string of the molecule is CCN(CC)C(=O)[C@@H]1CCCN(C(=O)[C@H]2CC(Cc3ccccc3Cl)=NO2)C1. The molecular weight excluding hydrogens is 378 g/mol. The van der Waals surface area contributed by atoms with Crippen LogP contribution in [0.1, 0.15) is 38.7 Å². The Labute approximate surface area is 171 Å². The molecule has 0 bridgehead atoms. The molecule has 0 unspecified atom stereocenters. The third kappa shape index (κ3) is 4.66. The molecule has 7 heteroatoms. The second kappa shape index (κ2) is 9.41. The van der Waals surface area contributed by atoms with E-state index in [0.29, 0.717) is 44.0 Å². The number of benzene rings is 1. The molecule has 1 saturated heterocycles. The number of carbonyl (C=O) groups excluding carboxylic acids is 2. The first-order valence-electron chi connectivity index (χ1n) is 10.1. The van der Waals surface area contributed by atoms with Crippen molar-refractivity contribution in [2.24, 2.45) is 11.1 Å². The molecule has 0 saturated carbocycles. The molecule has 152 valence electrons. The Balaban J connectivity index is 1.56. The molecule has 1 aromatic carbocycles. The second-order valence-corrected chi connectivity index (χ2v) is 7.77. The Morgan fingerprint density at radius 2 is 2.04 bits per heavy atom. The Morgan fingerprint density at radius 3 is 2.75 bits per heavy atom. The third-order valence-corrected chi connectivity index (χ3v) is 5.88. The molecule has 3 rings (SSSR count). The summed E-state index contributed by atoms with van der Waals surface area (Å²) in [6, 6.07) is 7.61. The number of rotatable bonds is 6. The lowest BCUT2D eigenvalue weighted by molar-refractivity contribution is -0.147. The van der Waals surface area contributed by atoms with Gasteiger partial charge in [0.2, 0.25) is 12.0 Å². The standard InChI is InChI=1S/C21H28ClN3O3/c1-3-24(4-2)20(26)16-9-7-11-25(14-16)21(27)19-13-17(23-28-19)12-15-8-5-6-10-18(15)22/h5-6,8,10,16,19H,3-4,7,9,11-14H2,1-2H3/t16-,19-/m1/s1. The van der Waals surface area contributed by atoms with Gasteiger partial charge < -0.3 is 14.6 Å². The van der Waals surface area contributed by atoms with E-state index >= 15 is 0 Å². The van der Waals surface area contributed by atoms with Gasteiger partial charge in [0.25, 0.3) is 5.91 Å². The molecule has 0 N–H and O–H groups in total. The van der Waals surface area contributed by atoms with Crippen LogP contribution in [0.2, 0.25) is 5.02 Å². The second-order valence-electron chi connectivity index (χ2n) is 7.36. The van der Waals surface area contributed by atoms with Gasteiger partial charge in [-0.1, -0.05) is 35.0 Å². The van der Waals surface area contributed by atoms with Crippen LogP contribution < -0.4 is 0 Å². The summed E-state index contributed by atoms with van der Waals surface area (Å²) in [6.45, 7) is 6.50. The van der Waals surface area contributed by atoms with Crippen LogP contribution in [-0.4, -0.2) is 59.6 Å². The van der Waals surface area contributed by atoms with Gasteiger partial charge in [0.05, 0.1) is 11.6 Å². The van der Waals surface area contributed by atoms with Crippen molar-refractivity contribution in [2.75, 3.05) is 26.2 Å². The lowest BCUT2D eigenvalue weighted by atomic mass is 9.95. The highest BCUT2D eigenvalue weighted by atomic mass is 35.5. The van der Waals surface area contributed by atoms with Gasteiger partial charge in [0.1, 0.15) is 0 Å². The third-order valence-electron chi connectivity index (χ3n) is 5.52. The average molecular weight is 406 g/mol. The van der Waals surface area contributed by atoms with Gasteiger partial charge in [-0.15, -0.1) is 0 Å². The number of hydrogen-bond donors (Lipinski definition) is 0. The fraction of sp³-hybridized carbons (Fsp3) is 0.571. The summed E-state index contributed by atoms with van der Waals surface area (Å²) in [7, 11) is 0. The van der Waals surface area contributed by atoms with Crippen molar-refractivity contribution >= 4 is 29.1 Å². The summed E-state index contributed by atoms with van der Waals surface area (Å²) in [5, 5.41) is 4.80. The predicted octanol–water partition coefficient (Wildman–Crippen LogP) is 3.13. The van der Waals surface area contributed by atoms with Gasteiger partial charge in [-0.05, 0) is 38.3 Å². The number of hydrogen-bond acceptors (Lipinski definition) is 4. The summed E-state index contributed by atoms with van der Waals surface area (Å²) in [5.41, 5.74) is 1.79. The summed E-state index contributed by atoms with van der Waals surface area (Å²) >= 11 is 6.21. The Hall–Kier alpha value is -2.08. The van der Waals surface area contributed by atoms with Crippen molar-refractivity contribution < 1.29 is 14.4 Å². The van der Waals surface area contributed by atoms with E-state index in [2.05, 4.69) is 5.16 Å². The van der Waals surface area contributed by atoms with Crippen molar-refractivity contribution in [3.05, 3.63) is 34.9 Å². The monoisotopic (exact) mass is 405 g/mol. The molecule has 0 aliphatic carbocycles. The van der Waals surface area contributed by atoms with Crippen LogP contribution in [-0.2, 0) is 20.8 Å². The number of carbonyl (C=O) groups is 2. The molecule has 0 aromatic heterocycles. The number of nitrogens with zero attached hydrogens (tertiary/aromatic N) is 3. The topological polar surface area (TPSA) is 62.2 Å². The highest BCUT2D eigenvalue weighted by molar-refractivity contribution is 6.31. The molecule has 2 heterocycles. The summed E-state index contributed by atoms with van der Waals surface area (Å²) < 4.78 is 0. The maximum Gasteiger partial charge on any atom is 0.266 e. The maximum absolute atomic E-state index is 12.9. The zero-order chi connectivity index (χ0) is 20.1. The minimum Gasteiger partial charge on any atom is -0.382 e. The largest absolute Gasteiger partial charge is 0.382 e. The van der Waals surface area contributed by atoms with Crippen LogP contribution in [0.25, 0.3) is 0 Å². The first-order chi connectivity index (χ1) is 13.5. The van der Waals surface area contributed by atoms with E-state index in [9.17, 15) is 9.59 Å². The van der Waals surface area contributed by atoms with Crippen molar-refractivity contribution in [3.8, 4) is 0 Å². The number of likely N-dealkylation sites (tertiary alicyclic amines) is 1. The Morgan fingerprint density at radius 1 is 1.29 bits per heavy atom. The normalized spacial score (nSPS) is 21.8. The number of piperidine rings is 1. The summed E-state index contributed by atoms with van der Waals surface area (Å²) in [6.07, 6.45) is 2.11. The van der Waals surface area contributed by atoms with Crippen molar-refractivity contribution in [1.82, 2.24) is 9.80 Å². The fourth-order valence-corrected chi connectivity index (χ4v) is 4.10. The van der Waals surface area contributed by atoms with E-state index in [0.717, 1.165) is 24.1 Å². The van der Waals surface area contributed by atoms with Crippen molar-refractivity contribution in [2.45, 2.75) is 45.6 Å². The lowest BCUT2D eigenvalue weighted by Crippen LogP contribution is -2.49. The summed E-state index contributed by atoms with van der Waals surface area (Å²) in [4.78, 5) is 34.6.